The molecule has 1 saturated heterocycles. The molecular formula is C17H31NO2. The van der Waals surface area contributed by atoms with Crippen molar-refractivity contribution in [3.05, 3.63) is 0 Å². The summed E-state index contributed by atoms with van der Waals surface area (Å²) in [6.45, 7) is 10.1. The molecular weight excluding hydrogens is 250 g/mol. The van der Waals surface area contributed by atoms with Gasteiger partial charge in [-0.15, -0.1) is 0 Å². The summed E-state index contributed by atoms with van der Waals surface area (Å²) >= 11 is 0. The number of hydrogen-bond donors (Lipinski definition) is 1. The number of likely N-dealkylation sites (tertiary alicyclic amines) is 1. The molecule has 2 rings (SSSR count). The van der Waals surface area contributed by atoms with Gasteiger partial charge in [-0.05, 0) is 42.9 Å². The second-order valence-corrected chi connectivity index (χ2v) is 7.55. The second-order valence-electron chi connectivity index (χ2n) is 7.55. The summed E-state index contributed by atoms with van der Waals surface area (Å²) < 4.78 is 0. The van der Waals surface area contributed by atoms with E-state index >= 15 is 0 Å². The third kappa shape index (κ3) is 3.19. The molecule has 116 valence electrons. The lowest BCUT2D eigenvalue weighted by Crippen LogP contribution is -2.46. The van der Waals surface area contributed by atoms with E-state index in [0.717, 1.165) is 13.0 Å². The zero-order chi connectivity index (χ0) is 14.9. The van der Waals surface area contributed by atoms with Gasteiger partial charge in [0.2, 0.25) is 0 Å². The first kappa shape index (κ1) is 15.8. The van der Waals surface area contributed by atoms with Gasteiger partial charge in [-0.2, -0.15) is 0 Å². The van der Waals surface area contributed by atoms with Gasteiger partial charge in [0.1, 0.15) is 6.04 Å². The quantitative estimate of drug-likeness (QED) is 0.836. The van der Waals surface area contributed by atoms with Crippen LogP contribution < -0.4 is 0 Å². The summed E-state index contributed by atoms with van der Waals surface area (Å²) in [5.74, 6) is 1.85. The fraction of sp³-hybridized carbons (Fsp3) is 0.941. The van der Waals surface area contributed by atoms with E-state index in [1.807, 2.05) is 0 Å². The van der Waals surface area contributed by atoms with Crippen LogP contribution in [-0.4, -0.2) is 34.6 Å². The van der Waals surface area contributed by atoms with Crippen LogP contribution in [-0.2, 0) is 4.79 Å². The maximum Gasteiger partial charge on any atom is 0.320 e. The van der Waals surface area contributed by atoms with Crippen molar-refractivity contribution < 1.29 is 9.90 Å². The lowest BCUT2D eigenvalue weighted by atomic mass is 9.83. The number of hydrogen-bond acceptors (Lipinski definition) is 2. The van der Waals surface area contributed by atoms with Gasteiger partial charge in [0, 0.05) is 12.6 Å². The van der Waals surface area contributed by atoms with E-state index in [9.17, 15) is 9.90 Å². The van der Waals surface area contributed by atoms with Gasteiger partial charge in [-0.3, -0.25) is 9.69 Å². The molecule has 0 radical (unpaired) electrons. The van der Waals surface area contributed by atoms with Gasteiger partial charge in [0.05, 0.1) is 0 Å². The van der Waals surface area contributed by atoms with Crippen LogP contribution in [0.2, 0.25) is 0 Å². The Morgan fingerprint density at radius 2 is 1.75 bits per heavy atom. The molecule has 3 nitrogen and oxygen atoms in total. The Balaban J connectivity index is 2.14. The van der Waals surface area contributed by atoms with Gasteiger partial charge >= 0.3 is 5.97 Å². The molecule has 1 aliphatic heterocycles. The molecule has 20 heavy (non-hydrogen) atoms. The third-order valence-electron chi connectivity index (χ3n) is 5.64. The largest absolute Gasteiger partial charge is 0.480 e. The predicted octanol–water partition coefficient (Wildman–Crippen LogP) is 3.63. The minimum absolute atomic E-state index is 0.233. The average Bonchev–Trinajstić information content (AvgIpc) is 2.74. The second kappa shape index (κ2) is 6.46. The van der Waals surface area contributed by atoms with Crippen molar-refractivity contribution in [2.24, 2.45) is 23.7 Å². The van der Waals surface area contributed by atoms with Crippen molar-refractivity contribution in [2.75, 3.05) is 6.54 Å². The number of fused-ring (bicyclic) bond motifs is 1. The Bertz CT molecular complexity index is 332. The molecule has 0 bridgehead atoms. The van der Waals surface area contributed by atoms with E-state index in [0.29, 0.717) is 29.7 Å². The number of aliphatic carboxylic acids is 1. The Hall–Kier alpha value is -0.570. The molecule has 2 aliphatic rings. The molecule has 0 aromatic rings. The highest BCUT2D eigenvalue weighted by atomic mass is 16.4. The molecule has 0 amide bonds. The van der Waals surface area contributed by atoms with E-state index in [1.54, 1.807) is 0 Å². The maximum absolute atomic E-state index is 11.6. The molecule has 0 aromatic carbocycles. The maximum atomic E-state index is 11.6. The molecule has 3 unspecified atom stereocenters. The Labute approximate surface area is 123 Å². The van der Waals surface area contributed by atoms with Crippen LogP contribution in [0.4, 0.5) is 0 Å². The van der Waals surface area contributed by atoms with Crippen molar-refractivity contribution in [3.8, 4) is 0 Å². The van der Waals surface area contributed by atoms with E-state index in [1.165, 1.54) is 25.7 Å². The van der Waals surface area contributed by atoms with Gasteiger partial charge in [-0.1, -0.05) is 40.5 Å². The molecule has 1 aliphatic carbocycles. The standard InChI is InChI=1S/C17H31NO2/c1-11(2)14(12(3)4)10-18-15-8-6-5-7-13(15)9-16(18)17(19)20/h11-16H,5-10H2,1-4H3,(H,19,20). The summed E-state index contributed by atoms with van der Waals surface area (Å²) in [6.07, 6.45) is 5.89. The SMILES string of the molecule is CC(C)C(CN1C(C(=O)O)CC2CCCCC21)C(C)C. The minimum Gasteiger partial charge on any atom is -0.480 e. The fourth-order valence-electron chi connectivity index (χ4n) is 4.49. The summed E-state index contributed by atoms with van der Waals surface area (Å²) in [7, 11) is 0. The number of nitrogens with zero attached hydrogens (tertiary/aromatic N) is 1. The van der Waals surface area contributed by atoms with Gasteiger partial charge in [0.25, 0.3) is 0 Å². The summed E-state index contributed by atoms with van der Waals surface area (Å²) in [5.41, 5.74) is 0. The number of rotatable bonds is 5. The van der Waals surface area contributed by atoms with Crippen LogP contribution in [0, 0.1) is 23.7 Å². The summed E-state index contributed by atoms with van der Waals surface area (Å²) in [4.78, 5) is 14.0. The Morgan fingerprint density at radius 1 is 1.15 bits per heavy atom. The smallest absolute Gasteiger partial charge is 0.320 e. The Kier molecular flexibility index (Phi) is 5.11. The van der Waals surface area contributed by atoms with Crippen molar-refractivity contribution in [2.45, 2.75) is 71.9 Å². The number of carboxylic acid groups (broad SMARTS) is 1. The Morgan fingerprint density at radius 3 is 2.30 bits per heavy atom. The first-order valence-corrected chi connectivity index (χ1v) is 8.40. The number of carboxylic acids is 1. The lowest BCUT2D eigenvalue weighted by molar-refractivity contribution is -0.143. The molecule has 1 N–H and O–H groups in total. The van der Waals surface area contributed by atoms with E-state index in [4.69, 9.17) is 0 Å². The monoisotopic (exact) mass is 281 g/mol. The van der Waals surface area contributed by atoms with Crippen LogP contribution in [0.5, 0.6) is 0 Å². The van der Waals surface area contributed by atoms with Crippen molar-refractivity contribution in [1.29, 1.82) is 0 Å². The molecule has 3 atom stereocenters. The molecule has 1 heterocycles. The van der Waals surface area contributed by atoms with Gasteiger partial charge in [0.15, 0.2) is 0 Å². The highest BCUT2D eigenvalue weighted by Gasteiger charge is 2.45. The highest BCUT2D eigenvalue weighted by molar-refractivity contribution is 5.74. The zero-order valence-corrected chi connectivity index (χ0v) is 13.5. The predicted molar refractivity (Wildman–Crippen MR) is 81.7 cm³/mol. The first-order chi connectivity index (χ1) is 9.41. The van der Waals surface area contributed by atoms with Crippen LogP contribution in [0.1, 0.15) is 59.8 Å². The third-order valence-corrected chi connectivity index (χ3v) is 5.64. The molecule has 3 heteroatoms. The summed E-state index contributed by atoms with van der Waals surface area (Å²) in [6, 6.07) is 0.299. The van der Waals surface area contributed by atoms with Crippen LogP contribution in [0.15, 0.2) is 0 Å². The lowest BCUT2D eigenvalue weighted by Gasteiger charge is -2.37. The van der Waals surface area contributed by atoms with Crippen molar-refractivity contribution in [1.82, 2.24) is 4.90 Å². The minimum atomic E-state index is -0.606. The topological polar surface area (TPSA) is 40.5 Å². The molecule has 0 spiro atoms. The van der Waals surface area contributed by atoms with E-state index in [-0.39, 0.29) is 6.04 Å². The normalized spacial score (nSPS) is 31.2. The van der Waals surface area contributed by atoms with Crippen LogP contribution >= 0.6 is 0 Å². The number of carbonyl (C=O) groups is 1. The van der Waals surface area contributed by atoms with Crippen molar-refractivity contribution >= 4 is 5.97 Å². The average molecular weight is 281 g/mol. The summed E-state index contributed by atoms with van der Waals surface area (Å²) in [5, 5.41) is 9.58. The van der Waals surface area contributed by atoms with Crippen molar-refractivity contribution in [3.63, 3.8) is 0 Å². The van der Waals surface area contributed by atoms with E-state index in [2.05, 4.69) is 32.6 Å². The van der Waals surface area contributed by atoms with E-state index < -0.39 is 5.97 Å². The fourth-order valence-corrected chi connectivity index (χ4v) is 4.49. The van der Waals surface area contributed by atoms with Gasteiger partial charge in [-0.25, -0.2) is 0 Å². The molecule has 0 aromatic heterocycles. The molecule has 2 fully saturated rings. The van der Waals surface area contributed by atoms with Crippen LogP contribution in [0.25, 0.3) is 0 Å². The first-order valence-electron chi connectivity index (χ1n) is 8.40. The van der Waals surface area contributed by atoms with Gasteiger partial charge < -0.3 is 5.11 Å². The molecule has 1 saturated carbocycles. The van der Waals surface area contributed by atoms with Crippen LogP contribution in [0.3, 0.4) is 0 Å². The highest BCUT2D eigenvalue weighted by Crippen LogP contribution is 2.41. The zero-order valence-electron chi connectivity index (χ0n) is 13.5.